The molecule has 0 atom stereocenters. The number of aromatic nitrogens is 6. The molecule has 42 heavy (non-hydrogen) atoms. The molecule has 0 aliphatic carbocycles. The lowest BCUT2D eigenvalue weighted by molar-refractivity contribution is 0.0663. The highest BCUT2D eigenvalue weighted by atomic mass is 16.5. The van der Waals surface area contributed by atoms with Crippen molar-refractivity contribution < 1.29 is 4.74 Å². The minimum atomic E-state index is 0.280. The van der Waals surface area contributed by atoms with Crippen molar-refractivity contribution in [2.75, 3.05) is 52.2 Å². The highest BCUT2D eigenvalue weighted by Gasteiger charge is 2.30. The molecule has 0 bridgehead atoms. The van der Waals surface area contributed by atoms with E-state index in [0.717, 1.165) is 97.7 Å². The summed E-state index contributed by atoms with van der Waals surface area (Å²) in [6.07, 6.45) is 6.88. The van der Waals surface area contributed by atoms with Gasteiger partial charge in [-0.25, -0.2) is 19.6 Å². The first-order valence-electron chi connectivity index (χ1n) is 15.1. The van der Waals surface area contributed by atoms with Gasteiger partial charge in [-0.05, 0) is 56.5 Å². The zero-order chi connectivity index (χ0) is 28.5. The third-order valence-corrected chi connectivity index (χ3v) is 9.07. The van der Waals surface area contributed by atoms with E-state index in [-0.39, 0.29) is 6.04 Å². The maximum absolute atomic E-state index is 6.46. The molecule has 5 aromatic rings. The van der Waals surface area contributed by atoms with Gasteiger partial charge in [-0.15, -0.1) is 0 Å². The Balaban J connectivity index is 1.10. The number of nitrogens with zero attached hydrogens (tertiary/aromatic N) is 7. The van der Waals surface area contributed by atoms with Crippen LogP contribution in [0.2, 0.25) is 0 Å². The van der Waals surface area contributed by atoms with Crippen LogP contribution in [0, 0.1) is 0 Å². The van der Waals surface area contributed by atoms with Crippen molar-refractivity contribution in [3.05, 3.63) is 66.2 Å². The number of H-pyrrole nitrogens is 1. The van der Waals surface area contributed by atoms with Crippen LogP contribution in [-0.2, 0) is 11.2 Å². The SMILES string of the molecule is COCCN1CCC(N2CCC(n3nc(-c4ccc5nc(Cc6ccccc6)[nH]c5c4)c4c(N)ncnc43)CC2)CC1. The van der Waals surface area contributed by atoms with E-state index < -0.39 is 0 Å². The second-order valence-corrected chi connectivity index (χ2v) is 11.7. The predicted molar refractivity (Wildman–Crippen MR) is 165 cm³/mol. The predicted octanol–water partition coefficient (Wildman–Crippen LogP) is 4.29. The topological polar surface area (TPSA) is 114 Å². The Morgan fingerprint density at radius 2 is 1.74 bits per heavy atom. The summed E-state index contributed by atoms with van der Waals surface area (Å²) in [6.45, 7) is 6.32. The average molecular weight is 566 g/mol. The number of piperidine rings is 2. The second kappa shape index (κ2) is 11.8. The molecule has 3 aromatic heterocycles. The minimum absolute atomic E-state index is 0.280. The molecule has 2 saturated heterocycles. The smallest absolute Gasteiger partial charge is 0.164 e. The van der Waals surface area contributed by atoms with E-state index in [4.69, 9.17) is 20.6 Å². The lowest BCUT2D eigenvalue weighted by Crippen LogP contribution is -2.48. The van der Waals surface area contributed by atoms with E-state index in [1.807, 2.05) is 6.07 Å². The van der Waals surface area contributed by atoms with Gasteiger partial charge in [0.05, 0.1) is 29.1 Å². The largest absolute Gasteiger partial charge is 0.383 e. The quantitative estimate of drug-likeness (QED) is 0.287. The first-order chi connectivity index (χ1) is 20.7. The van der Waals surface area contributed by atoms with Crippen LogP contribution < -0.4 is 5.73 Å². The number of imidazole rings is 1. The summed E-state index contributed by atoms with van der Waals surface area (Å²) >= 11 is 0. The van der Waals surface area contributed by atoms with Gasteiger partial charge in [0.25, 0.3) is 0 Å². The van der Waals surface area contributed by atoms with Crippen LogP contribution >= 0.6 is 0 Å². The van der Waals surface area contributed by atoms with E-state index >= 15 is 0 Å². The van der Waals surface area contributed by atoms with E-state index in [9.17, 15) is 0 Å². The number of rotatable bonds is 8. The first-order valence-corrected chi connectivity index (χ1v) is 15.1. The molecular formula is C32H39N9O. The molecule has 5 heterocycles. The van der Waals surface area contributed by atoms with Gasteiger partial charge in [0, 0.05) is 44.8 Å². The summed E-state index contributed by atoms with van der Waals surface area (Å²) in [4.78, 5) is 22.6. The maximum Gasteiger partial charge on any atom is 0.164 e. The molecular weight excluding hydrogens is 526 g/mol. The van der Waals surface area contributed by atoms with Gasteiger partial charge in [0.15, 0.2) is 5.65 Å². The van der Waals surface area contributed by atoms with Gasteiger partial charge in [-0.1, -0.05) is 36.4 Å². The number of nitrogens with one attached hydrogen (secondary N) is 1. The fraction of sp³-hybridized carbons (Fsp3) is 0.438. The van der Waals surface area contributed by atoms with Crippen LogP contribution in [0.25, 0.3) is 33.3 Å². The molecule has 0 amide bonds. The molecule has 0 saturated carbocycles. The standard InChI is InChI=1S/C32H39N9O/c1-42-18-17-39-13-9-24(10-14-39)40-15-11-25(12-16-40)41-32-29(31(33)34-21-35-32)30(38-41)23-7-8-26-27(20-23)37-28(36-26)19-22-5-3-2-4-6-22/h2-8,20-21,24-25H,9-19H2,1H3,(H,36,37)(H2,33,34,35). The summed E-state index contributed by atoms with van der Waals surface area (Å²) in [5.41, 5.74) is 12.2. The zero-order valence-corrected chi connectivity index (χ0v) is 24.2. The Hall–Kier alpha value is -3.86. The van der Waals surface area contributed by atoms with Crippen molar-refractivity contribution >= 4 is 27.9 Å². The summed E-state index contributed by atoms with van der Waals surface area (Å²) in [5.74, 6) is 1.41. The Morgan fingerprint density at radius 3 is 2.52 bits per heavy atom. The molecule has 2 aliphatic rings. The second-order valence-electron chi connectivity index (χ2n) is 11.7. The number of hydrogen-bond acceptors (Lipinski definition) is 8. The van der Waals surface area contributed by atoms with Crippen molar-refractivity contribution in [1.82, 2.24) is 39.5 Å². The average Bonchev–Trinajstić information content (AvgIpc) is 3.62. The van der Waals surface area contributed by atoms with Crippen molar-refractivity contribution in [3.8, 4) is 11.3 Å². The number of nitrogens with two attached hydrogens (primary N) is 1. The number of hydrogen-bond donors (Lipinski definition) is 2. The number of nitrogen functional groups attached to an aromatic ring is 1. The molecule has 2 aliphatic heterocycles. The summed E-state index contributed by atoms with van der Waals surface area (Å²) in [7, 11) is 1.78. The van der Waals surface area contributed by atoms with Crippen molar-refractivity contribution in [2.45, 2.75) is 44.2 Å². The molecule has 3 N–H and O–H groups in total. The maximum atomic E-state index is 6.46. The third-order valence-electron chi connectivity index (χ3n) is 9.07. The molecule has 0 radical (unpaired) electrons. The van der Waals surface area contributed by atoms with E-state index in [1.54, 1.807) is 13.4 Å². The normalized spacial score (nSPS) is 17.9. The van der Waals surface area contributed by atoms with E-state index in [2.05, 4.69) is 71.9 Å². The van der Waals surface area contributed by atoms with E-state index in [1.165, 1.54) is 18.4 Å². The molecule has 0 unspecified atom stereocenters. The summed E-state index contributed by atoms with van der Waals surface area (Å²) < 4.78 is 7.38. The fourth-order valence-corrected chi connectivity index (χ4v) is 6.76. The molecule has 218 valence electrons. The summed E-state index contributed by atoms with van der Waals surface area (Å²) in [5, 5.41) is 5.99. The first kappa shape index (κ1) is 27.0. The van der Waals surface area contributed by atoms with Gasteiger partial charge >= 0.3 is 0 Å². The molecule has 2 aromatic carbocycles. The number of aromatic amines is 1. The van der Waals surface area contributed by atoms with Gasteiger partial charge < -0.3 is 25.3 Å². The van der Waals surface area contributed by atoms with Crippen LogP contribution in [0.5, 0.6) is 0 Å². The lowest BCUT2D eigenvalue weighted by Gasteiger charge is -2.41. The Bertz CT molecular complexity index is 1650. The van der Waals surface area contributed by atoms with Crippen molar-refractivity contribution in [2.24, 2.45) is 0 Å². The van der Waals surface area contributed by atoms with Gasteiger partial charge in [0.2, 0.25) is 0 Å². The highest BCUT2D eigenvalue weighted by molar-refractivity contribution is 5.99. The number of benzene rings is 2. The van der Waals surface area contributed by atoms with Crippen LogP contribution in [-0.4, -0.2) is 92.0 Å². The number of anilines is 1. The van der Waals surface area contributed by atoms with Crippen LogP contribution in [0.15, 0.2) is 54.9 Å². The lowest BCUT2D eigenvalue weighted by atomic mass is 9.98. The van der Waals surface area contributed by atoms with Crippen LogP contribution in [0.1, 0.15) is 43.1 Å². The molecule has 0 spiro atoms. The van der Waals surface area contributed by atoms with Crippen molar-refractivity contribution in [1.29, 1.82) is 0 Å². The van der Waals surface area contributed by atoms with Crippen molar-refractivity contribution in [3.63, 3.8) is 0 Å². The third kappa shape index (κ3) is 5.37. The number of ether oxygens (including phenoxy) is 1. The Morgan fingerprint density at radius 1 is 0.952 bits per heavy atom. The molecule has 2 fully saturated rings. The molecule has 7 rings (SSSR count). The van der Waals surface area contributed by atoms with Crippen LogP contribution in [0.4, 0.5) is 5.82 Å². The Labute approximate surface area is 245 Å². The molecule has 10 heteroatoms. The fourth-order valence-electron chi connectivity index (χ4n) is 6.76. The minimum Gasteiger partial charge on any atom is -0.383 e. The number of fused-ring (bicyclic) bond motifs is 2. The van der Waals surface area contributed by atoms with Crippen LogP contribution in [0.3, 0.4) is 0 Å². The number of methoxy groups -OCH3 is 1. The zero-order valence-electron chi connectivity index (χ0n) is 24.2. The number of likely N-dealkylation sites (tertiary alicyclic amines) is 2. The van der Waals surface area contributed by atoms with Gasteiger partial charge in [-0.2, -0.15) is 5.10 Å². The monoisotopic (exact) mass is 565 g/mol. The highest BCUT2D eigenvalue weighted by Crippen LogP contribution is 2.35. The molecule has 10 nitrogen and oxygen atoms in total. The van der Waals surface area contributed by atoms with Gasteiger partial charge in [-0.3, -0.25) is 0 Å². The van der Waals surface area contributed by atoms with Gasteiger partial charge in [0.1, 0.15) is 23.7 Å². The van der Waals surface area contributed by atoms with E-state index in [0.29, 0.717) is 11.9 Å². The Kier molecular flexibility index (Phi) is 7.58. The summed E-state index contributed by atoms with van der Waals surface area (Å²) in [6, 6.07) is 17.6.